The van der Waals surface area contributed by atoms with Crippen LogP contribution in [0, 0.1) is 6.07 Å². The van der Waals surface area contributed by atoms with Crippen LogP contribution in [0.2, 0.25) is 0 Å². The Morgan fingerprint density at radius 1 is 0.613 bits per heavy atom. The van der Waals surface area contributed by atoms with E-state index in [0.717, 1.165) is 62.7 Å². The first-order chi connectivity index (χ1) is 32.9. The summed E-state index contributed by atoms with van der Waals surface area (Å²) in [6.45, 7) is 5.84. The Kier molecular flexibility index (Phi) is 9.03. The van der Waals surface area contributed by atoms with Crippen molar-refractivity contribution in [1.29, 1.82) is 0 Å². The first kappa shape index (κ1) is 33.0. The van der Waals surface area contributed by atoms with Crippen molar-refractivity contribution in [1.82, 2.24) is 14.5 Å². The molecule has 0 bridgehead atoms. The van der Waals surface area contributed by atoms with Crippen molar-refractivity contribution in [2.75, 3.05) is 0 Å². The van der Waals surface area contributed by atoms with E-state index in [1.807, 2.05) is 115 Å². The molecule has 318 valence electrons. The third-order valence-electron chi connectivity index (χ3n) is 11.4. The van der Waals surface area contributed by atoms with Crippen molar-refractivity contribution in [3.63, 3.8) is 0 Å². The number of hydrogen-bond acceptors (Lipinski definition) is 3. The minimum atomic E-state index is -3.54. The second-order valence-corrected chi connectivity index (χ2v) is 18.2. The summed E-state index contributed by atoms with van der Waals surface area (Å²) in [5, 5.41) is 11.9. The zero-order valence-electron chi connectivity index (χ0n) is 46.4. The maximum absolute atomic E-state index is 11.9. The number of nitrogens with zero attached hydrogens (tertiary/aromatic N) is 3. The summed E-state index contributed by atoms with van der Waals surface area (Å²) in [7, 11) is 0. The van der Waals surface area contributed by atoms with E-state index >= 15 is 0 Å². The van der Waals surface area contributed by atoms with Gasteiger partial charge in [0.25, 0.3) is 0 Å². The summed E-state index contributed by atoms with van der Waals surface area (Å²) in [5.74, 6) is -0.997. The molecule has 1 N–H and O–H groups in total. The second-order valence-electron chi connectivity index (χ2n) is 18.2. The van der Waals surface area contributed by atoms with Crippen LogP contribution in [-0.2, 0) is 37.3 Å². The first-order valence-electron chi connectivity index (χ1n) is 25.6. The quantitative estimate of drug-likeness (QED) is 0.162. The van der Waals surface area contributed by atoms with E-state index in [-0.39, 0.29) is 49.0 Å². The van der Waals surface area contributed by atoms with Gasteiger partial charge in [-0.25, -0.2) is 4.98 Å². The number of benzene rings is 6. The number of imidazole rings is 1. The van der Waals surface area contributed by atoms with Crippen LogP contribution in [0.4, 0.5) is 0 Å². The zero-order valence-corrected chi connectivity index (χ0v) is 38.7. The van der Waals surface area contributed by atoms with Gasteiger partial charge in [-0.1, -0.05) is 172 Å². The number of pyridine rings is 1. The molecule has 0 unspecified atom stereocenters. The second kappa shape index (κ2) is 16.9. The van der Waals surface area contributed by atoms with Gasteiger partial charge in [0.15, 0.2) is 0 Å². The van der Waals surface area contributed by atoms with Crippen LogP contribution in [0.5, 0.6) is 5.75 Å². The topological polar surface area (TPSA) is 50.9 Å². The Hall–Kier alpha value is -5.57. The van der Waals surface area contributed by atoms with Crippen LogP contribution >= 0.6 is 0 Å². The molecule has 8 aromatic rings. The van der Waals surface area contributed by atoms with E-state index < -0.39 is 37.4 Å². The van der Waals surface area contributed by atoms with E-state index in [9.17, 15) is 5.11 Å². The van der Waals surface area contributed by atoms with Gasteiger partial charge in [0.2, 0.25) is 0 Å². The van der Waals surface area contributed by atoms with Crippen LogP contribution in [-0.4, -0.2) is 19.6 Å². The van der Waals surface area contributed by atoms with Crippen molar-refractivity contribution in [3.8, 4) is 67.5 Å². The summed E-state index contributed by atoms with van der Waals surface area (Å²) in [6.07, 6.45) is 1.77. The number of phenols is 1. The molecule has 6 aromatic carbocycles. The van der Waals surface area contributed by atoms with Gasteiger partial charge < -0.3 is 5.11 Å². The fraction of sp³-hybridized carbons (Fsp3) is 0.263. The monoisotopic (exact) mass is 1010 g/mol. The molecule has 0 fully saturated rings. The molecule has 0 aliphatic heterocycles. The Morgan fingerprint density at radius 3 is 1.95 bits per heavy atom. The Morgan fingerprint density at radius 2 is 1.27 bits per heavy atom. The van der Waals surface area contributed by atoms with E-state index in [1.165, 1.54) is 0 Å². The predicted molar refractivity (Wildman–Crippen MR) is 257 cm³/mol. The van der Waals surface area contributed by atoms with Gasteiger partial charge in [-0.15, -0.1) is 29.3 Å². The van der Waals surface area contributed by atoms with Crippen molar-refractivity contribution >= 4 is 11.0 Å². The third kappa shape index (κ3) is 8.86. The number of phenolic OH excluding ortho intramolecular Hbond substituents is 1. The molecule has 0 aliphatic rings. The molecule has 2 aromatic heterocycles. The molecular formula is C57H58N3OPt-. The SMILES string of the molecule is [2H]C(C)(C)c1ccc(-c2ccnc(-c3[c-]c(-c4cccc5c4nc(-c4cc(C(C([2H])([2H])[2H])(C([2H])([2H])[2H])C([2H])([2H])[2H])ccc4O)n5-c4ccc(C(C)(C)C)cc4-c4ccccc4)cc(C(C)(C)C)c3)c2)cc1.[Pt]. The average Bonchev–Trinajstić information content (AvgIpc) is 3.67. The maximum Gasteiger partial charge on any atom is 0.148 e. The molecule has 0 aliphatic carbocycles. The first-order valence-corrected chi connectivity index (χ1v) is 20.6. The van der Waals surface area contributed by atoms with Crippen LogP contribution in [0.1, 0.15) is 118 Å². The van der Waals surface area contributed by atoms with Crippen molar-refractivity contribution in [2.24, 2.45) is 0 Å². The Bertz CT molecular complexity index is 3250. The van der Waals surface area contributed by atoms with Gasteiger partial charge in [-0.2, -0.15) is 0 Å². The molecule has 0 radical (unpaired) electrons. The minimum Gasteiger partial charge on any atom is -0.507 e. The molecule has 0 amide bonds. The number of aromatic hydroxyl groups is 1. The maximum atomic E-state index is 11.9. The molecule has 0 saturated carbocycles. The van der Waals surface area contributed by atoms with E-state index in [4.69, 9.17) is 23.7 Å². The average molecular weight is 1010 g/mol. The molecule has 2 heterocycles. The van der Waals surface area contributed by atoms with Crippen LogP contribution in [0.25, 0.3) is 72.7 Å². The minimum absolute atomic E-state index is 0. The fourth-order valence-electron chi connectivity index (χ4n) is 7.78. The van der Waals surface area contributed by atoms with E-state index in [0.29, 0.717) is 33.5 Å². The van der Waals surface area contributed by atoms with Gasteiger partial charge in [-0.05, 0) is 91.9 Å². The zero-order chi connectivity index (χ0) is 51.9. The van der Waals surface area contributed by atoms with Crippen LogP contribution in [0.15, 0.2) is 140 Å². The molecule has 0 saturated heterocycles. The molecular weight excluding hydrogens is 938 g/mol. The summed E-state index contributed by atoms with van der Waals surface area (Å²) >= 11 is 0. The normalized spacial score (nSPS) is 15.4. The van der Waals surface area contributed by atoms with Gasteiger partial charge in [0.05, 0.1) is 22.3 Å². The van der Waals surface area contributed by atoms with Crippen molar-refractivity contribution < 1.29 is 39.9 Å². The van der Waals surface area contributed by atoms with Crippen LogP contribution in [0.3, 0.4) is 0 Å². The summed E-state index contributed by atoms with van der Waals surface area (Å²) < 4.78 is 87.2. The number of fused-ring (bicyclic) bond motifs is 1. The van der Waals surface area contributed by atoms with Crippen molar-refractivity contribution in [2.45, 2.75) is 98.1 Å². The molecule has 0 spiro atoms. The molecule has 0 atom stereocenters. The summed E-state index contributed by atoms with van der Waals surface area (Å²) in [6, 6.07) is 44.8. The molecule has 62 heavy (non-hydrogen) atoms. The molecule has 4 nitrogen and oxygen atoms in total. The molecule has 5 heteroatoms. The fourth-order valence-corrected chi connectivity index (χ4v) is 7.78. The number of para-hydroxylation sites is 1. The van der Waals surface area contributed by atoms with E-state index in [2.05, 4.69) is 65.8 Å². The Labute approximate surface area is 397 Å². The van der Waals surface area contributed by atoms with Crippen LogP contribution < -0.4 is 0 Å². The van der Waals surface area contributed by atoms with Gasteiger partial charge >= 0.3 is 0 Å². The largest absolute Gasteiger partial charge is 0.507 e. The third-order valence-corrected chi connectivity index (χ3v) is 11.4. The number of rotatable bonds is 7. The van der Waals surface area contributed by atoms with Crippen molar-refractivity contribution in [3.05, 3.63) is 168 Å². The standard InChI is InChI=1S/C57H58N3O.Pt/c1-36(2)37-20-22-38(23-21-37)40-28-29-58-49(33-40)42-30-41(31-45(32-42)57(9,10)11)46-18-15-19-51-53(46)59-54(48-35-44(56(6,7)8)25-27-52(48)61)60(51)50-26-24-43(55(3,4)5)34-47(50)39-16-13-12-14-17-39;/h12-29,31-36,61H,1-11H3;/q-1;/i6D3,7D3,8D3,36D;. The summed E-state index contributed by atoms with van der Waals surface area (Å²) in [4.78, 5) is 10.1. The molecule has 8 rings (SSSR count). The Balaban J connectivity index is 0.00000760. The number of aromatic nitrogens is 3. The predicted octanol–water partition coefficient (Wildman–Crippen LogP) is 15.3. The number of hydrogen-bond donors (Lipinski definition) is 1. The van der Waals surface area contributed by atoms with Gasteiger partial charge in [0, 0.05) is 52.2 Å². The van der Waals surface area contributed by atoms with E-state index in [1.54, 1.807) is 6.20 Å². The summed E-state index contributed by atoms with van der Waals surface area (Å²) in [5.41, 5.74) is 6.54. The smallest absolute Gasteiger partial charge is 0.148 e. The van der Waals surface area contributed by atoms with Gasteiger partial charge in [0.1, 0.15) is 11.6 Å². The van der Waals surface area contributed by atoms with Gasteiger partial charge in [-0.3, -0.25) is 9.55 Å².